The lowest BCUT2D eigenvalue weighted by atomic mass is 10.3. The highest BCUT2D eigenvalue weighted by Gasteiger charge is 2.11. The molecule has 0 aliphatic heterocycles. The summed E-state index contributed by atoms with van der Waals surface area (Å²) in [4.78, 5) is 37.1. The zero-order valence-electron chi connectivity index (χ0n) is 12.0. The van der Waals surface area contributed by atoms with E-state index < -0.39 is 4.92 Å². The number of hydrogen-bond donors (Lipinski definition) is 2. The molecule has 2 N–H and O–H groups in total. The van der Waals surface area contributed by atoms with Crippen LogP contribution >= 0.6 is 0 Å². The summed E-state index contributed by atoms with van der Waals surface area (Å²) >= 11 is 0. The Hall–Kier alpha value is -3.30. The molecular formula is C13H14N6O4. The summed E-state index contributed by atoms with van der Waals surface area (Å²) in [6.45, 7) is 0.345. The second-order valence-electron chi connectivity index (χ2n) is 4.50. The zero-order valence-corrected chi connectivity index (χ0v) is 12.0. The number of hydrogen-bond acceptors (Lipinski definition) is 6. The van der Waals surface area contributed by atoms with Crippen molar-refractivity contribution in [3.05, 3.63) is 52.6 Å². The maximum atomic E-state index is 11.7. The van der Waals surface area contributed by atoms with Gasteiger partial charge in [0.2, 0.25) is 5.91 Å². The van der Waals surface area contributed by atoms with Gasteiger partial charge in [0, 0.05) is 25.5 Å². The molecule has 0 saturated heterocycles. The first-order chi connectivity index (χ1) is 11.1. The highest BCUT2D eigenvalue weighted by molar-refractivity contribution is 5.93. The summed E-state index contributed by atoms with van der Waals surface area (Å²) in [7, 11) is 0. The Labute approximate surface area is 130 Å². The van der Waals surface area contributed by atoms with Crippen molar-refractivity contribution in [2.75, 3.05) is 13.1 Å². The number of carbonyl (C=O) groups excluding carboxylic acids is 2. The van der Waals surface area contributed by atoms with Gasteiger partial charge >= 0.3 is 5.69 Å². The monoisotopic (exact) mass is 318 g/mol. The van der Waals surface area contributed by atoms with E-state index in [4.69, 9.17) is 0 Å². The normalized spacial score (nSPS) is 10.1. The van der Waals surface area contributed by atoms with Crippen LogP contribution in [0.25, 0.3) is 0 Å². The van der Waals surface area contributed by atoms with E-state index in [1.165, 1.54) is 17.1 Å². The molecular weight excluding hydrogens is 304 g/mol. The Morgan fingerprint density at radius 2 is 2.04 bits per heavy atom. The molecule has 0 bridgehead atoms. The average Bonchev–Trinajstić information content (AvgIpc) is 3.01. The third-order valence-corrected chi connectivity index (χ3v) is 2.79. The number of amides is 2. The number of nitro groups is 1. The van der Waals surface area contributed by atoms with Crippen molar-refractivity contribution in [2.45, 2.75) is 6.54 Å². The standard InChI is InChI=1S/C13H14N6O4/c20-12(9-18-8-11(7-17-18)19(22)23)15-4-5-16-13(21)10-2-1-3-14-6-10/h1-3,6-8H,4-5,9H2,(H,15,20)(H,16,21). The molecule has 120 valence electrons. The topological polar surface area (TPSA) is 132 Å². The van der Waals surface area contributed by atoms with Crippen LogP contribution < -0.4 is 10.6 Å². The van der Waals surface area contributed by atoms with Crippen molar-refractivity contribution < 1.29 is 14.5 Å². The van der Waals surface area contributed by atoms with Gasteiger partial charge in [-0.1, -0.05) is 0 Å². The number of aromatic nitrogens is 3. The van der Waals surface area contributed by atoms with Crippen molar-refractivity contribution in [3.8, 4) is 0 Å². The summed E-state index contributed by atoms with van der Waals surface area (Å²) in [6.07, 6.45) is 5.25. The minimum absolute atomic E-state index is 0.135. The molecule has 2 heterocycles. The Bertz CT molecular complexity index is 700. The first kappa shape index (κ1) is 16.1. The van der Waals surface area contributed by atoms with Crippen molar-refractivity contribution in [1.82, 2.24) is 25.4 Å². The van der Waals surface area contributed by atoms with Crippen LogP contribution in [0, 0.1) is 10.1 Å². The number of nitrogens with one attached hydrogen (secondary N) is 2. The minimum atomic E-state index is -0.588. The van der Waals surface area contributed by atoms with Crippen LogP contribution in [0.15, 0.2) is 36.9 Å². The predicted octanol–water partition coefficient (Wildman–Crippen LogP) is -0.267. The molecule has 2 rings (SSSR count). The zero-order chi connectivity index (χ0) is 16.7. The molecule has 0 atom stereocenters. The third-order valence-electron chi connectivity index (χ3n) is 2.79. The van der Waals surface area contributed by atoms with Gasteiger partial charge in [-0.05, 0) is 12.1 Å². The lowest BCUT2D eigenvalue weighted by Crippen LogP contribution is -2.36. The molecule has 2 aromatic heterocycles. The van der Waals surface area contributed by atoms with Crippen LogP contribution in [0.1, 0.15) is 10.4 Å². The summed E-state index contributed by atoms with van der Waals surface area (Å²) in [5.74, 6) is -0.645. The van der Waals surface area contributed by atoms with Crippen molar-refractivity contribution >= 4 is 17.5 Å². The van der Waals surface area contributed by atoms with Crippen LogP contribution in [0.3, 0.4) is 0 Å². The molecule has 0 unspecified atom stereocenters. The van der Waals surface area contributed by atoms with E-state index in [9.17, 15) is 19.7 Å². The van der Waals surface area contributed by atoms with Gasteiger partial charge < -0.3 is 10.6 Å². The number of pyridine rings is 1. The third kappa shape index (κ3) is 4.88. The fraction of sp³-hybridized carbons (Fsp3) is 0.231. The van der Waals surface area contributed by atoms with Gasteiger partial charge in [-0.25, -0.2) is 0 Å². The minimum Gasteiger partial charge on any atom is -0.353 e. The molecule has 0 saturated carbocycles. The molecule has 0 aliphatic carbocycles. The van der Waals surface area contributed by atoms with E-state index in [1.54, 1.807) is 18.3 Å². The van der Waals surface area contributed by atoms with Crippen LogP contribution in [0.2, 0.25) is 0 Å². The van der Waals surface area contributed by atoms with Crippen molar-refractivity contribution in [3.63, 3.8) is 0 Å². The molecule has 0 aromatic carbocycles. The molecule has 0 fully saturated rings. The summed E-state index contributed by atoms with van der Waals surface area (Å²) in [5, 5.41) is 19.4. The molecule has 2 aromatic rings. The van der Waals surface area contributed by atoms with Gasteiger partial charge in [-0.3, -0.25) is 29.4 Å². The first-order valence-electron chi connectivity index (χ1n) is 6.68. The molecule has 2 amide bonds. The van der Waals surface area contributed by atoms with Gasteiger partial charge in [0.15, 0.2) is 0 Å². The maximum Gasteiger partial charge on any atom is 0.307 e. The SMILES string of the molecule is O=C(Cn1cc([N+](=O)[O-])cn1)NCCNC(=O)c1cccnc1. The van der Waals surface area contributed by atoms with Crippen molar-refractivity contribution in [2.24, 2.45) is 0 Å². The lowest BCUT2D eigenvalue weighted by Gasteiger charge is -2.07. The maximum absolute atomic E-state index is 11.7. The number of nitrogens with zero attached hydrogens (tertiary/aromatic N) is 4. The first-order valence-corrected chi connectivity index (χ1v) is 6.68. The average molecular weight is 318 g/mol. The number of rotatable bonds is 7. The molecule has 0 radical (unpaired) electrons. The van der Waals surface area contributed by atoms with Crippen molar-refractivity contribution in [1.29, 1.82) is 0 Å². The van der Waals surface area contributed by atoms with Crippen LogP contribution in [0.4, 0.5) is 5.69 Å². The smallest absolute Gasteiger partial charge is 0.307 e. The highest BCUT2D eigenvalue weighted by Crippen LogP contribution is 2.07. The molecule has 0 aliphatic rings. The highest BCUT2D eigenvalue weighted by atomic mass is 16.6. The Balaban J connectivity index is 1.68. The van der Waals surface area contributed by atoms with E-state index in [0.717, 1.165) is 6.20 Å². The van der Waals surface area contributed by atoms with Gasteiger partial charge in [-0.15, -0.1) is 0 Å². The summed E-state index contributed by atoms with van der Waals surface area (Å²) in [5.41, 5.74) is 0.254. The van der Waals surface area contributed by atoms with Crippen LogP contribution in [-0.2, 0) is 11.3 Å². The number of carbonyl (C=O) groups is 2. The second kappa shape index (κ2) is 7.64. The van der Waals surface area contributed by atoms with E-state index in [-0.39, 0.29) is 37.1 Å². The van der Waals surface area contributed by atoms with E-state index >= 15 is 0 Å². The quantitative estimate of drug-likeness (QED) is 0.410. The van der Waals surface area contributed by atoms with Gasteiger partial charge in [0.25, 0.3) is 5.91 Å². The van der Waals surface area contributed by atoms with Crippen LogP contribution in [0.5, 0.6) is 0 Å². The fourth-order valence-corrected chi connectivity index (χ4v) is 1.71. The lowest BCUT2D eigenvalue weighted by molar-refractivity contribution is -0.385. The molecule has 0 spiro atoms. The van der Waals surface area contributed by atoms with E-state index in [2.05, 4.69) is 20.7 Å². The van der Waals surface area contributed by atoms with Crippen LogP contribution in [-0.4, -0.2) is 44.6 Å². The summed E-state index contributed by atoms with van der Waals surface area (Å²) < 4.78 is 1.17. The molecule has 10 nitrogen and oxygen atoms in total. The fourth-order valence-electron chi connectivity index (χ4n) is 1.71. The Morgan fingerprint density at radius 3 is 2.70 bits per heavy atom. The van der Waals surface area contributed by atoms with Gasteiger partial charge in [-0.2, -0.15) is 5.10 Å². The molecule has 23 heavy (non-hydrogen) atoms. The predicted molar refractivity (Wildman–Crippen MR) is 78.5 cm³/mol. The Morgan fingerprint density at radius 1 is 1.26 bits per heavy atom. The second-order valence-corrected chi connectivity index (χ2v) is 4.50. The van der Waals surface area contributed by atoms with Gasteiger partial charge in [0.05, 0.1) is 10.5 Å². The Kier molecular flexibility index (Phi) is 5.34. The molecule has 10 heteroatoms. The van der Waals surface area contributed by atoms with Gasteiger partial charge in [0.1, 0.15) is 18.9 Å². The summed E-state index contributed by atoms with van der Waals surface area (Å²) in [6, 6.07) is 3.28. The largest absolute Gasteiger partial charge is 0.353 e. The van der Waals surface area contributed by atoms with E-state index in [1.807, 2.05) is 0 Å². The van der Waals surface area contributed by atoms with E-state index in [0.29, 0.717) is 5.56 Å².